The van der Waals surface area contributed by atoms with Gasteiger partial charge in [0.05, 0.1) is 13.2 Å². The fraction of sp³-hybridized carbons (Fsp3) is 0.615. The minimum Gasteiger partial charge on any atom is -0.384 e. The molecule has 0 spiro atoms. The Morgan fingerprint density at radius 2 is 2.30 bits per heavy atom. The van der Waals surface area contributed by atoms with E-state index in [4.69, 9.17) is 9.88 Å². The molecule has 3 N–H and O–H groups in total. The summed E-state index contributed by atoms with van der Waals surface area (Å²) < 4.78 is 27.9. The molecule has 0 radical (unpaired) electrons. The van der Waals surface area contributed by atoms with Crippen LogP contribution in [0.3, 0.4) is 0 Å². The van der Waals surface area contributed by atoms with Gasteiger partial charge in [0, 0.05) is 38.0 Å². The van der Waals surface area contributed by atoms with E-state index in [1.54, 1.807) is 20.2 Å². The predicted molar refractivity (Wildman–Crippen MR) is 103 cm³/mol. The second-order valence-corrected chi connectivity index (χ2v) is 8.18. The Kier molecular flexibility index (Phi) is 8.21. The van der Waals surface area contributed by atoms with E-state index in [-0.39, 0.29) is 28.2 Å². The molecule has 1 atom stereocenters. The molecule has 1 unspecified atom stereocenters. The molecule has 1 fully saturated rings. The van der Waals surface area contributed by atoms with Crippen LogP contribution in [0, 0.1) is 5.92 Å². The van der Waals surface area contributed by atoms with Crippen molar-refractivity contribution < 1.29 is 13.2 Å². The minimum absolute atomic E-state index is 0. The molecule has 1 aliphatic rings. The summed E-state index contributed by atoms with van der Waals surface area (Å²) in [5, 5.41) is 8.38. The molecule has 1 aromatic heterocycles. The number of nitrogens with zero attached hydrogens (tertiary/aromatic N) is 2. The summed E-state index contributed by atoms with van der Waals surface area (Å²) in [6, 6.07) is 3.30. The lowest BCUT2D eigenvalue weighted by atomic mass is 10.1. The molecule has 0 saturated carbocycles. The Balaban J connectivity index is 0.00000264. The number of nitrogens with one attached hydrogen (secondary N) is 1. The van der Waals surface area contributed by atoms with Crippen LogP contribution in [0.25, 0.3) is 0 Å². The van der Waals surface area contributed by atoms with Crippen molar-refractivity contribution in [3.05, 3.63) is 17.0 Å². The van der Waals surface area contributed by atoms with Crippen molar-refractivity contribution in [3.8, 4) is 0 Å². The smallest absolute Gasteiger partial charge is 0.247 e. The van der Waals surface area contributed by atoms with Gasteiger partial charge in [0.1, 0.15) is 4.21 Å². The fourth-order valence-electron chi connectivity index (χ4n) is 2.50. The molecular formula is C13H23IN4O3S2. The van der Waals surface area contributed by atoms with E-state index in [0.29, 0.717) is 12.5 Å². The number of guanidine groups is 1. The van der Waals surface area contributed by atoms with Crippen LogP contribution >= 0.6 is 35.3 Å². The van der Waals surface area contributed by atoms with Gasteiger partial charge in [0.15, 0.2) is 5.96 Å². The third-order valence-electron chi connectivity index (χ3n) is 3.54. The van der Waals surface area contributed by atoms with Gasteiger partial charge in [-0.15, -0.1) is 35.3 Å². The number of likely N-dealkylation sites (tertiary alicyclic amines) is 1. The number of ether oxygens (including phenoxy) is 1. The summed E-state index contributed by atoms with van der Waals surface area (Å²) in [4.78, 5) is 7.38. The number of rotatable bonds is 5. The zero-order chi connectivity index (χ0) is 16.2. The molecule has 0 aromatic carbocycles. The van der Waals surface area contributed by atoms with E-state index in [1.807, 2.05) is 0 Å². The van der Waals surface area contributed by atoms with Crippen molar-refractivity contribution in [2.75, 3.05) is 33.9 Å². The third-order valence-corrected chi connectivity index (χ3v) is 6.06. The van der Waals surface area contributed by atoms with Gasteiger partial charge in [-0.05, 0) is 18.6 Å². The molecule has 23 heavy (non-hydrogen) atoms. The second kappa shape index (κ2) is 9.16. The predicted octanol–water partition coefficient (Wildman–Crippen LogP) is 1.06. The highest BCUT2D eigenvalue weighted by molar-refractivity contribution is 14.0. The summed E-state index contributed by atoms with van der Waals surface area (Å²) in [6.07, 6.45) is 1.09. The number of primary sulfonamides is 1. The van der Waals surface area contributed by atoms with Gasteiger partial charge in [-0.25, -0.2) is 13.6 Å². The van der Waals surface area contributed by atoms with Crippen LogP contribution in [0.2, 0.25) is 0 Å². The van der Waals surface area contributed by atoms with Crippen LogP contribution < -0.4 is 10.5 Å². The Labute approximate surface area is 158 Å². The van der Waals surface area contributed by atoms with Crippen molar-refractivity contribution in [2.24, 2.45) is 16.0 Å². The first-order chi connectivity index (χ1) is 10.4. The van der Waals surface area contributed by atoms with Gasteiger partial charge >= 0.3 is 0 Å². The summed E-state index contributed by atoms with van der Waals surface area (Å²) in [7, 11) is -0.155. The summed E-state index contributed by atoms with van der Waals surface area (Å²) >= 11 is 1.17. The largest absolute Gasteiger partial charge is 0.384 e. The molecule has 2 rings (SSSR count). The average Bonchev–Trinajstić information content (AvgIpc) is 3.09. The molecule has 0 aliphatic carbocycles. The molecule has 1 aromatic rings. The lowest BCUT2D eigenvalue weighted by Gasteiger charge is -2.21. The average molecular weight is 474 g/mol. The Morgan fingerprint density at radius 1 is 1.57 bits per heavy atom. The number of hydrogen-bond acceptors (Lipinski definition) is 5. The topological polar surface area (TPSA) is 97.0 Å². The first kappa shape index (κ1) is 20.6. The van der Waals surface area contributed by atoms with Crippen molar-refractivity contribution in [3.63, 3.8) is 0 Å². The quantitative estimate of drug-likeness (QED) is 0.378. The minimum atomic E-state index is -3.62. The molecule has 2 heterocycles. The normalized spacial score (nSPS) is 18.8. The highest BCUT2D eigenvalue weighted by atomic mass is 127. The van der Waals surface area contributed by atoms with Gasteiger partial charge < -0.3 is 15.0 Å². The first-order valence-corrected chi connectivity index (χ1v) is 9.36. The van der Waals surface area contributed by atoms with Crippen molar-refractivity contribution in [1.29, 1.82) is 0 Å². The Hall–Kier alpha value is -0.430. The number of methoxy groups -OCH3 is 1. The number of halogens is 1. The van der Waals surface area contributed by atoms with E-state index < -0.39 is 10.0 Å². The maximum absolute atomic E-state index is 11.3. The van der Waals surface area contributed by atoms with Crippen LogP contribution in [0.5, 0.6) is 0 Å². The molecule has 1 aliphatic heterocycles. The van der Waals surface area contributed by atoms with Gasteiger partial charge in [-0.2, -0.15) is 0 Å². The van der Waals surface area contributed by atoms with Crippen molar-refractivity contribution in [2.45, 2.75) is 17.2 Å². The van der Waals surface area contributed by atoms with E-state index in [1.165, 1.54) is 17.4 Å². The number of thiophene rings is 1. The van der Waals surface area contributed by atoms with E-state index >= 15 is 0 Å². The molecule has 1 saturated heterocycles. The number of aliphatic imine (C=N–C) groups is 1. The standard InChI is InChI=1S/C13H22N4O3S2.HI/c1-15-13(17-6-5-10(8-17)9-20-2)16-7-11-3-4-12(21-11)22(14,18)19;/h3-4,10H,5-9H2,1-2H3,(H,15,16)(H2,14,18,19);1H. The van der Waals surface area contributed by atoms with E-state index in [2.05, 4.69) is 15.2 Å². The van der Waals surface area contributed by atoms with Crippen LogP contribution in [0.4, 0.5) is 0 Å². The fourth-order valence-corrected chi connectivity index (χ4v) is 4.22. The Bertz CT molecular complexity index is 633. The highest BCUT2D eigenvalue weighted by Crippen LogP contribution is 2.20. The number of hydrogen-bond donors (Lipinski definition) is 2. The van der Waals surface area contributed by atoms with Gasteiger partial charge in [0.25, 0.3) is 0 Å². The van der Waals surface area contributed by atoms with Crippen molar-refractivity contribution >= 4 is 51.3 Å². The zero-order valence-electron chi connectivity index (χ0n) is 13.2. The third kappa shape index (κ3) is 5.85. The van der Waals surface area contributed by atoms with E-state index in [9.17, 15) is 8.42 Å². The molecule has 7 nitrogen and oxygen atoms in total. The molecule has 0 amide bonds. The lowest BCUT2D eigenvalue weighted by Crippen LogP contribution is -2.39. The van der Waals surface area contributed by atoms with E-state index in [0.717, 1.165) is 37.0 Å². The molecule has 10 heteroatoms. The van der Waals surface area contributed by atoms with Gasteiger partial charge in [-0.3, -0.25) is 4.99 Å². The van der Waals surface area contributed by atoms with Crippen LogP contribution in [-0.2, 0) is 21.3 Å². The maximum Gasteiger partial charge on any atom is 0.247 e. The summed E-state index contributed by atoms with van der Waals surface area (Å²) in [5.74, 6) is 1.35. The summed E-state index contributed by atoms with van der Waals surface area (Å²) in [6.45, 7) is 3.15. The number of nitrogens with two attached hydrogens (primary N) is 1. The molecule has 0 bridgehead atoms. The Morgan fingerprint density at radius 3 is 2.87 bits per heavy atom. The monoisotopic (exact) mass is 474 g/mol. The SMILES string of the molecule is CN=C(NCc1ccc(S(N)(=O)=O)s1)N1CCC(COC)C1.I. The zero-order valence-corrected chi connectivity index (χ0v) is 17.2. The molecule has 132 valence electrons. The van der Waals surface area contributed by atoms with Crippen LogP contribution in [0.15, 0.2) is 21.3 Å². The highest BCUT2D eigenvalue weighted by Gasteiger charge is 2.24. The maximum atomic E-state index is 11.3. The number of sulfonamides is 1. The molecular weight excluding hydrogens is 451 g/mol. The van der Waals surface area contributed by atoms with Crippen LogP contribution in [0.1, 0.15) is 11.3 Å². The van der Waals surface area contributed by atoms with Crippen LogP contribution in [-0.4, -0.2) is 53.1 Å². The van der Waals surface area contributed by atoms with Crippen molar-refractivity contribution in [1.82, 2.24) is 10.2 Å². The van der Waals surface area contributed by atoms with Gasteiger partial charge in [0.2, 0.25) is 10.0 Å². The lowest BCUT2D eigenvalue weighted by molar-refractivity contribution is 0.157. The summed E-state index contributed by atoms with van der Waals surface area (Å²) in [5.41, 5.74) is 0. The van der Waals surface area contributed by atoms with Gasteiger partial charge in [-0.1, -0.05) is 0 Å². The second-order valence-electron chi connectivity index (χ2n) is 5.22. The first-order valence-electron chi connectivity index (χ1n) is 7.00.